The summed E-state index contributed by atoms with van der Waals surface area (Å²) in [5, 5.41) is 8.60. The Bertz CT molecular complexity index is 1080. The maximum atomic E-state index is 14.4. The molecular formula is C22H26F2N6O. The van der Waals surface area contributed by atoms with Gasteiger partial charge in [-0.25, -0.2) is 8.78 Å². The maximum Gasteiger partial charge on any atom is 0.257 e. The first-order valence-corrected chi connectivity index (χ1v) is 10.5. The van der Waals surface area contributed by atoms with Crippen molar-refractivity contribution >= 4 is 5.91 Å². The molecule has 0 saturated carbocycles. The Kier molecular flexibility index (Phi) is 6.13. The summed E-state index contributed by atoms with van der Waals surface area (Å²) in [6.07, 6.45) is 6.37. The number of aryl methyl sites for hydroxylation is 2. The molecule has 2 aromatic heterocycles. The molecule has 1 amide bonds. The topological polar surface area (TPSA) is 59.2 Å². The van der Waals surface area contributed by atoms with Gasteiger partial charge in [0.25, 0.3) is 5.91 Å². The van der Waals surface area contributed by atoms with E-state index in [2.05, 4.69) is 22.0 Å². The van der Waals surface area contributed by atoms with Crippen molar-refractivity contribution in [3.05, 3.63) is 59.6 Å². The average Bonchev–Trinajstić information content (AvgIpc) is 3.28. The molecule has 1 saturated heterocycles. The Labute approximate surface area is 179 Å². The van der Waals surface area contributed by atoms with Crippen LogP contribution in [0.15, 0.2) is 36.8 Å². The molecule has 9 heteroatoms. The number of hydrogen-bond donors (Lipinski definition) is 0. The summed E-state index contributed by atoms with van der Waals surface area (Å²) in [5.74, 6) is -1.59. The molecule has 0 N–H and O–H groups in total. The second kappa shape index (κ2) is 8.97. The molecule has 0 bridgehead atoms. The largest absolute Gasteiger partial charge is 0.337 e. The predicted molar refractivity (Wildman–Crippen MR) is 112 cm³/mol. The minimum Gasteiger partial charge on any atom is -0.337 e. The summed E-state index contributed by atoms with van der Waals surface area (Å²) in [7, 11) is 1.68. The van der Waals surface area contributed by atoms with E-state index in [1.165, 1.54) is 16.8 Å². The Morgan fingerprint density at radius 1 is 1.13 bits per heavy atom. The van der Waals surface area contributed by atoms with Crippen molar-refractivity contribution in [1.29, 1.82) is 0 Å². The van der Waals surface area contributed by atoms with Crippen LogP contribution in [0.3, 0.4) is 0 Å². The normalized spacial score (nSPS) is 15.3. The highest BCUT2D eigenvalue weighted by atomic mass is 19.1. The molecule has 164 valence electrons. The van der Waals surface area contributed by atoms with Crippen LogP contribution < -0.4 is 0 Å². The lowest BCUT2D eigenvalue weighted by Gasteiger charge is -2.21. The van der Waals surface area contributed by atoms with Crippen molar-refractivity contribution in [2.75, 3.05) is 26.2 Å². The maximum absolute atomic E-state index is 14.4. The van der Waals surface area contributed by atoms with Crippen LogP contribution in [-0.4, -0.2) is 61.4 Å². The standard InChI is InChI=1S/C22H26F2N6O/c1-3-30-14-16(12-25-30)13-28-7-4-8-29(10-9-28)22(31)19-15-27(2)26-21(19)18-6-5-17(23)11-20(18)24/h5-6,11-12,14-15H,3-4,7-10,13H2,1-2H3. The zero-order valence-electron chi connectivity index (χ0n) is 17.8. The molecule has 0 spiro atoms. The van der Waals surface area contributed by atoms with Gasteiger partial charge in [0.15, 0.2) is 0 Å². The number of rotatable bonds is 5. The van der Waals surface area contributed by atoms with Gasteiger partial charge in [-0.15, -0.1) is 0 Å². The van der Waals surface area contributed by atoms with Crippen LogP contribution >= 0.6 is 0 Å². The monoisotopic (exact) mass is 428 g/mol. The van der Waals surface area contributed by atoms with Crippen LogP contribution in [0.5, 0.6) is 0 Å². The molecule has 0 radical (unpaired) electrons. The third-order valence-electron chi connectivity index (χ3n) is 5.54. The van der Waals surface area contributed by atoms with E-state index < -0.39 is 11.6 Å². The number of amides is 1. The van der Waals surface area contributed by atoms with Crippen LogP contribution in [0.1, 0.15) is 29.3 Å². The molecule has 7 nitrogen and oxygen atoms in total. The van der Waals surface area contributed by atoms with E-state index in [4.69, 9.17) is 0 Å². The van der Waals surface area contributed by atoms with Gasteiger partial charge < -0.3 is 4.90 Å². The predicted octanol–water partition coefficient (Wildman–Crippen LogP) is 2.93. The molecule has 4 rings (SSSR count). The van der Waals surface area contributed by atoms with Gasteiger partial charge in [0, 0.05) is 75.9 Å². The number of nitrogens with zero attached hydrogens (tertiary/aromatic N) is 6. The van der Waals surface area contributed by atoms with Gasteiger partial charge in [0.1, 0.15) is 17.3 Å². The van der Waals surface area contributed by atoms with Crippen molar-refractivity contribution in [2.24, 2.45) is 7.05 Å². The van der Waals surface area contributed by atoms with E-state index >= 15 is 0 Å². The Hall–Kier alpha value is -3.07. The first-order valence-electron chi connectivity index (χ1n) is 10.5. The lowest BCUT2D eigenvalue weighted by molar-refractivity contribution is 0.0761. The molecule has 0 unspecified atom stereocenters. The van der Waals surface area contributed by atoms with Gasteiger partial charge in [-0.05, 0) is 25.5 Å². The molecule has 1 aliphatic rings. The summed E-state index contributed by atoms with van der Waals surface area (Å²) in [5.41, 5.74) is 1.83. The van der Waals surface area contributed by atoms with Crippen molar-refractivity contribution in [2.45, 2.75) is 26.4 Å². The Balaban J connectivity index is 1.49. The highest BCUT2D eigenvalue weighted by Crippen LogP contribution is 2.27. The zero-order valence-corrected chi connectivity index (χ0v) is 17.8. The fraction of sp³-hybridized carbons (Fsp3) is 0.409. The van der Waals surface area contributed by atoms with E-state index in [1.807, 2.05) is 17.1 Å². The molecule has 1 aliphatic heterocycles. The molecule has 3 heterocycles. The molecule has 31 heavy (non-hydrogen) atoms. The van der Waals surface area contributed by atoms with Crippen LogP contribution in [0.25, 0.3) is 11.3 Å². The Morgan fingerprint density at radius 2 is 1.97 bits per heavy atom. The van der Waals surface area contributed by atoms with Gasteiger partial charge >= 0.3 is 0 Å². The van der Waals surface area contributed by atoms with Crippen LogP contribution in [-0.2, 0) is 20.1 Å². The number of carbonyl (C=O) groups excluding carboxylic acids is 1. The van der Waals surface area contributed by atoms with E-state index in [-0.39, 0.29) is 17.2 Å². The first kappa shape index (κ1) is 21.2. The SMILES string of the molecule is CCn1cc(CN2CCCN(C(=O)c3cn(C)nc3-c3ccc(F)cc3F)CC2)cn1. The van der Waals surface area contributed by atoms with Gasteiger partial charge in [0.2, 0.25) is 0 Å². The summed E-state index contributed by atoms with van der Waals surface area (Å²) >= 11 is 0. The van der Waals surface area contributed by atoms with Crippen molar-refractivity contribution in [3.8, 4) is 11.3 Å². The number of halogens is 2. The zero-order chi connectivity index (χ0) is 22.0. The molecule has 1 fully saturated rings. The van der Waals surface area contributed by atoms with E-state index in [0.717, 1.165) is 44.2 Å². The van der Waals surface area contributed by atoms with Gasteiger partial charge in [-0.3, -0.25) is 19.1 Å². The lowest BCUT2D eigenvalue weighted by atomic mass is 10.1. The van der Waals surface area contributed by atoms with Gasteiger partial charge in [-0.1, -0.05) is 0 Å². The van der Waals surface area contributed by atoms with Crippen LogP contribution in [0.4, 0.5) is 8.78 Å². The molecular weight excluding hydrogens is 402 g/mol. The minimum absolute atomic E-state index is 0.120. The van der Waals surface area contributed by atoms with Crippen molar-refractivity contribution in [1.82, 2.24) is 29.4 Å². The quantitative estimate of drug-likeness (QED) is 0.627. The summed E-state index contributed by atoms with van der Waals surface area (Å²) < 4.78 is 31.1. The highest BCUT2D eigenvalue weighted by molar-refractivity contribution is 5.99. The second-order valence-electron chi connectivity index (χ2n) is 7.82. The summed E-state index contributed by atoms with van der Waals surface area (Å²) in [6.45, 7) is 6.49. The molecule has 0 aliphatic carbocycles. The van der Waals surface area contributed by atoms with Gasteiger partial charge in [0.05, 0.1) is 11.8 Å². The van der Waals surface area contributed by atoms with Crippen LogP contribution in [0, 0.1) is 11.6 Å². The van der Waals surface area contributed by atoms with E-state index in [9.17, 15) is 13.6 Å². The number of benzene rings is 1. The van der Waals surface area contributed by atoms with E-state index in [0.29, 0.717) is 18.7 Å². The minimum atomic E-state index is -0.734. The lowest BCUT2D eigenvalue weighted by Crippen LogP contribution is -2.35. The number of carbonyl (C=O) groups is 1. The molecule has 3 aromatic rings. The summed E-state index contributed by atoms with van der Waals surface area (Å²) in [4.78, 5) is 17.4. The smallest absolute Gasteiger partial charge is 0.257 e. The third-order valence-corrected chi connectivity index (χ3v) is 5.54. The molecule has 1 aromatic carbocycles. The number of aromatic nitrogens is 4. The fourth-order valence-electron chi connectivity index (χ4n) is 3.95. The third kappa shape index (κ3) is 4.66. The fourth-order valence-corrected chi connectivity index (χ4v) is 3.95. The van der Waals surface area contributed by atoms with Crippen molar-refractivity contribution in [3.63, 3.8) is 0 Å². The first-order chi connectivity index (χ1) is 14.9. The second-order valence-corrected chi connectivity index (χ2v) is 7.82. The van der Waals surface area contributed by atoms with Crippen LogP contribution in [0.2, 0.25) is 0 Å². The summed E-state index contributed by atoms with van der Waals surface area (Å²) in [6, 6.07) is 3.30. The Morgan fingerprint density at radius 3 is 2.71 bits per heavy atom. The van der Waals surface area contributed by atoms with Gasteiger partial charge in [-0.2, -0.15) is 10.2 Å². The highest BCUT2D eigenvalue weighted by Gasteiger charge is 2.26. The molecule has 0 atom stereocenters. The number of hydrogen-bond acceptors (Lipinski definition) is 4. The van der Waals surface area contributed by atoms with Crippen molar-refractivity contribution < 1.29 is 13.6 Å². The van der Waals surface area contributed by atoms with E-state index in [1.54, 1.807) is 18.1 Å². The average molecular weight is 428 g/mol.